The van der Waals surface area contributed by atoms with E-state index in [1.54, 1.807) is 0 Å². The first kappa shape index (κ1) is 9.98. The zero-order chi connectivity index (χ0) is 10.8. The molecule has 0 spiro atoms. The van der Waals surface area contributed by atoms with Gasteiger partial charge in [0.1, 0.15) is 10.6 Å². The maximum atomic E-state index is 10.8. The van der Waals surface area contributed by atoms with Crippen LogP contribution in [-0.4, -0.2) is 15.9 Å². The van der Waals surface area contributed by atoms with Crippen molar-refractivity contribution in [1.82, 2.24) is 9.59 Å². The van der Waals surface area contributed by atoms with Gasteiger partial charge in [-0.2, -0.15) is 0 Å². The maximum absolute atomic E-state index is 10.8. The van der Waals surface area contributed by atoms with E-state index in [0.717, 1.165) is 34.5 Å². The molecular formula is C11H10N2OS. The summed E-state index contributed by atoms with van der Waals surface area (Å²) in [4.78, 5) is 11.3. The molecule has 0 radical (unpaired) electrons. The number of hydrogen-bond donors (Lipinski definition) is 0. The van der Waals surface area contributed by atoms with Gasteiger partial charge in [0, 0.05) is 5.56 Å². The summed E-state index contributed by atoms with van der Waals surface area (Å²) in [5, 5.41) is 3.98. The lowest BCUT2D eigenvalue weighted by atomic mass is 10.0. The molecule has 2 aromatic rings. The summed E-state index contributed by atoms with van der Waals surface area (Å²) in [7, 11) is 0. The van der Waals surface area contributed by atoms with Crippen LogP contribution in [0.4, 0.5) is 0 Å². The van der Waals surface area contributed by atoms with E-state index in [1.807, 2.05) is 26.0 Å². The second-order valence-electron chi connectivity index (χ2n) is 3.48. The smallest absolute Gasteiger partial charge is 0.163 e. The molecule has 76 valence electrons. The SMILES string of the molecule is Cc1cc(C)cc(-c2nnsc2C=O)c1. The number of hydrogen-bond acceptors (Lipinski definition) is 4. The van der Waals surface area contributed by atoms with Crippen LogP contribution in [0, 0.1) is 13.8 Å². The molecule has 0 amide bonds. The molecule has 0 aliphatic heterocycles. The lowest BCUT2D eigenvalue weighted by molar-refractivity contribution is 0.112. The monoisotopic (exact) mass is 218 g/mol. The molecule has 0 N–H and O–H groups in total. The molecule has 1 heterocycles. The van der Waals surface area contributed by atoms with Gasteiger partial charge in [-0.25, -0.2) is 0 Å². The maximum Gasteiger partial charge on any atom is 0.163 e. The molecule has 0 aliphatic rings. The second-order valence-corrected chi connectivity index (χ2v) is 4.27. The fourth-order valence-corrected chi connectivity index (χ4v) is 2.09. The van der Waals surface area contributed by atoms with Crippen molar-refractivity contribution >= 4 is 17.8 Å². The van der Waals surface area contributed by atoms with Crippen LogP contribution in [-0.2, 0) is 0 Å². The van der Waals surface area contributed by atoms with Crippen LogP contribution >= 0.6 is 11.5 Å². The van der Waals surface area contributed by atoms with E-state index < -0.39 is 0 Å². The summed E-state index contributed by atoms with van der Waals surface area (Å²) in [6.45, 7) is 4.05. The first-order chi connectivity index (χ1) is 7.20. The van der Waals surface area contributed by atoms with Crippen molar-refractivity contribution in [3.63, 3.8) is 0 Å². The standard InChI is InChI=1S/C11H10N2OS/c1-7-3-8(2)5-9(4-7)11-10(6-14)15-13-12-11/h3-6H,1-2H3. The highest BCUT2D eigenvalue weighted by molar-refractivity contribution is 7.07. The average molecular weight is 218 g/mol. The van der Waals surface area contributed by atoms with Crippen LogP contribution < -0.4 is 0 Å². The quantitative estimate of drug-likeness (QED) is 0.728. The van der Waals surface area contributed by atoms with Gasteiger partial charge in [-0.05, 0) is 37.5 Å². The molecular weight excluding hydrogens is 208 g/mol. The van der Waals surface area contributed by atoms with Crippen molar-refractivity contribution in [2.45, 2.75) is 13.8 Å². The fourth-order valence-electron chi connectivity index (χ4n) is 1.59. The number of benzene rings is 1. The zero-order valence-corrected chi connectivity index (χ0v) is 9.34. The number of carbonyl (C=O) groups is 1. The van der Waals surface area contributed by atoms with E-state index in [9.17, 15) is 4.79 Å². The Kier molecular flexibility index (Phi) is 2.60. The van der Waals surface area contributed by atoms with Gasteiger partial charge in [-0.3, -0.25) is 4.79 Å². The van der Waals surface area contributed by atoms with Crippen LogP contribution in [0.25, 0.3) is 11.3 Å². The van der Waals surface area contributed by atoms with Crippen LogP contribution in [0.5, 0.6) is 0 Å². The Labute approximate surface area is 91.9 Å². The van der Waals surface area contributed by atoms with Crippen molar-refractivity contribution in [2.75, 3.05) is 0 Å². The first-order valence-electron chi connectivity index (χ1n) is 4.57. The van der Waals surface area contributed by atoms with Crippen molar-refractivity contribution < 1.29 is 4.79 Å². The normalized spacial score (nSPS) is 10.3. The van der Waals surface area contributed by atoms with Crippen molar-refractivity contribution in [3.05, 3.63) is 34.2 Å². The molecule has 0 aliphatic carbocycles. The summed E-state index contributed by atoms with van der Waals surface area (Å²) >= 11 is 1.13. The summed E-state index contributed by atoms with van der Waals surface area (Å²) < 4.78 is 3.79. The van der Waals surface area contributed by atoms with E-state index in [-0.39, 0.29) is 0 Å². The molecule has 0 fully saturated rings. The average Bonchev–Trinajstić information content (AvgIpc) is 2.63. The van der Waals surface area contributed by atoms with Crippen molar-refractivity contribution in [3.8, 4) is 11.3 Å². The highest BCUT2D eigenvalue weighted by Gasteiger charge is 2.09. The first-order valence-corrected chi connectivity index (χ1v) is 5.34. The van der Waals surface area contributed by atoms with Crippen LogP contribution in [0.2, 0.25) is 0 Å². The number of rotatable bonds is 2. The molecule has 0 unspecified atom stereocenters. The molecule has 1 aromatic heterocycles. The Morgan fingerprint density at radius 2 is 1.87 bits per heavy atom. The highest BCUT2D eigenvalue weighted by Crippen LogP contribution is 2.24. The predicted octanol–water partition coefficient (Wildman–Crippen LogP) is 2.63. The number of nitrogens with zero attached hydrogens (tertiary/aromatic N) is 2. The Hall–Kier alpha value is -1.55. The van der Waals surface area contributed by atoms with Gasteiger partial charge in [0.05, 0.1) is 0 Å². The third-order valence-corrected chi connectivity index (χ3v) is 2.77. The summed E-state index contributed by atoms with van der Waals surface area (Å²) in [6.07, 6.45) is 0.803. The van der Waals surface area contributed by atoms with E-state index in [4.69, 9.17) is 0 Å². The minimum Gasteiger partial charge on any atom is -0.297 e. The second kappa shape index (κ2) is 3.90. The Bertz CT molecular complexity index is 485. The van der Waals surface area contributed by atoms with Crippen molar-refractivity contribution in [2.24, 2.45) is 0 Å². The molecule has 3 nitrogen and oxygen atoms in total. The molecule has 1 aromatic carbocycles. The minimum absolute atomic E-state index is 0.583. The van der Waals surface area contributed by atoms with E-state index in [1.165, 1.54) is 0 Å². The van der Waals surface area contributed by atoms with Gasteiger partial charge in [0.2, 0.25) is 0 Å². The molecule has 0 atom stereocenters. The van der Waals surface area contributed by atoms with E-state index in [2.05, 4.69) is 15.7 Å². The van der Waals surface area contributed by atoms with Gasteiger partial charge in [-0.15, -0.1) is 5.10 Å². The van der Waals surface area contributed by atoms with Crippen LogP contribution in [0.1, 0.15) is 20.8 Å². The molecule has 4 heteroatoms. The number of aryl methyl sites for hydroxylation is 2. The van der Waals surface area contributed by atoms with Gasteiger partial charge in [0.15, 0.2) is 6.29 Å². The number of aldehydes is 1. The number of carbonyl (C=O) groups excluding carboxylic acids is 1. The van der Waals surface area contributed by atoms with E-state index >= 15 is 0 Å². The Balaban J connectivity index is 2.58. The minimum atomic E-state index is 0.583. The lowest BCUT2D eigenvalue weighted by Gasteiger charge is -2.01. The predicted molar refractivity (Wildman–Crippen MR) is 60.2 cm³/mol. The Morgan fingerprint density at radius 1 is 1.20 bits per heavy atom. The van der Waals surface area contributed by atoms with Crippen LogP contribution in [0.15, 0.2) is 18.2 Å². The summed E-state index contributed by atoms with van der Waals surface area (Å²) in [5.74, 6) is 0. The van der Waals surface area contributed by atoms with Gasteiger partial charge < -0.3 is 0 Å². The Morgan fingerprint density at radius 3 is 2.47 bits per heavy atom. The van der Waals surface area contributed by atoms with Crippen LogP contribution in [0.3, 0.4) is 0 Å². The molecule has 2 rings (SSSR count). The topological polar surface area (TPSA) is 42.9 Å². The molecule has 15 heavy (non-hydrogen) atoms. The number of aromatic nitrogens is 2. The fraction of sp³-hybridized carbons (Fsp3) is 0.182. The van der Waals surface area contributed by atoms with Gasteiger partial charge >= 0.3 is 0 Å². The largest absolute Gasteiger partial charge is 0.297 e. The zero-order valence-electron chi connectivity index (χ0n) is 8.52. The highest BCUT2D eigenvalue weighted by atomic mass is 32.1. The molecule has 0 saturated heterocycles. The van der Waals surface area contributed by atoms with E-state index in [0.29, 0.717) is 10.6 Å². The summed E-state index contributed by atoms with van der Waals surface area (Å²) in [5.41, 5.74) is 3.97. The third-order valence-electron chi connectivity index (χ3n) is 2.12. The van der Waals surface area contributed by atoms with Gasteiger partial charge in [-0.1, -0.05) is 21.7 Å². The van der Waals surface area contributed by atoms with Gasteiger partial charge in [0.25, 0.3) is 0 Å². The lowest BCUT2D eigenvalue weighted by Crippen LogP contribution is -1.86. The van der Waals surface area contributed by atoms with Crippen molar-refractivity contribution in [1.29, 1.82) is 0 Å². The third kappa shape index (κ3) is 1.94. The molecule has 0 saturated carbocycles. The summed E-state index contributed by atoms with van der Waals surface area (Å²) in [6, 6.07) is 6.11. The molecule has 0 bridgehead atoms.